The number of aromatic nitrogens is 1. The van der Waals surface area contributed by atoms with Crippen molar-refractivity contribution in [2.24, 2.45) is 5.92 Å². The lowest BCUT2D eigenvalue weighted by atomic mass is 9.70. The van der Waals surface area contributed by atoms with Gasteiger partial charge in [-0.25, -0.2) is 4.39 Å². The molecule has 1 aromatic heterocycles. The van der Waals surface area contributed by atoms with Crippen molar-refractivity contribution < 1.29 is 14.3 Å². The summed E-state index contributed by atoms with van der Waals surface area (Å²) in [5, 5.41) is 8.82. The number of carboxylic acid groups (broad SMARTS) is 1. The second kappa shape index (κ2) is 3.36. The molecule has 3 nitrogen and oxygen atoms in total. The summed E-state index contributed by atoms with van der Waals surface area (Å²) in [6.07, 6.45) is 4.15. The van der Waals surface area contributed by atoms with Crippen molar-refractivity contribution in [3.05, 3.63) is 29.8 Å². The molecule has 0 amide bonds. The van der Waals surface area contributed by atoms with Gasteiger partial charge in [-0.1, -0.05) is 0 Å². The van der Waals surface area contributed by atoms with Crippen LogP contribution in [0.15, 0.2) is 18.5 Å². The molecule has 0 saturated heterocycles. The Morgan fingerprint density at radius 3 is 2.79 bits per heavy atom. The molecule has 14 heavy (non-hydrogen) atoms. The standard InChI is InChI=1S/C10H10FNO2/c11-7-3-6(4-12-5-7)8-1-2-9(8)10(13)14/h3-5,8-9H,1-2H2,(H,13,14). The SMILES string of the molecule is O=C(O)C1CCC1c1cncc(F)c1. The van der Waals surface area contributed by atoms with Crippen LogP contribution in [0.25, 0.3) is 0 Å². The van der Waals surface area contributed by atoms with Crippen molar-refractivity contribution in [2.45, 2.75) is 18.8 Å². The minimum absolute atomic E-state index is 0.0595. The Morgan fingerprint density at radius 2 is 2.29 bits per heavy atom. The molecule has 1 N–H and O–H groups in total. The van der Waals surface area contributed by atoms with E-state index in [2.05, 4.69) is 4.98 Å². The van der Waals surface area contributed by atoms with Crippen LogP contribution >= 0.6 is 0 Å². The van der Waals surface area contributed by atoms with E-state index in [0.717, 1.165) is 12.6 Å². The van der Waals surface area contributed by atoms with Gasteiger partial charge in [0.25, 0.3) is 0 Å². The van der Waals surface area contributed by atoms with Crippen LogP contribution in [0.3, 0.4) is 0 Å². The van der Waals surface area contributed by atoms with Gasteiger partial charge < -0.3 is 5.11 Å². The number of nitrogens with zero attached hydrogens (tertiary/aromatic N) is 1. The molecule has 0 aliphatic heterocycles. The molecule has 2 unspecified atom stereocenters. The van der Waals surface area contributed by atoms with E-state index in [1.54, 1.807) is 6.20 Å². The smallest absolute Gasteiger partial charge is 0.307 e. The topological polar surface area (TPSA) is 50.2 Å². The molecule has 2 atom stereocenters. The van der Waals surface area contributed by atoms with Gasteiger partial charge in [-0.3, -0.25) is 9.78 Å². The monoisotopic (exact) mass is 195 g/mol. The maximum atomic E-state index is 12.8. The summed E-state index contributed by atoms with van der Waals surface area (Å²) in [4.78, 5) is 14.4. The molecular formula is C10H10FNO2. The van der Waals surface area contributed by atoms with Crippen molar-refractivity contribution in [2.75, 3.05) is 0 Å². The molecule has 2 rings (SSSR count). The number of carboxylic acids is 1. The summed E-state index contributed by atoms with van der Waals surface area (Å²) in [6.45, 7) is 0. The summed E-state index contributed by atoms with van der Waals surface area (Å²) in [5.74, 6) is -1.63. The third-order valence-electron chi connectivity index (χ3n) is 2.75. The fraction of sp³-hybridized carbons (Fsp3) is 0.400. The lowest BCUT2D eigenvalue weighted by Crippen LogP contribution is -2.31. The first-order valence-corrected chi connectivity index (χ1v) is 4.51. The van der Waals surface area contributed by atoms with Crippen molar-refractivity contribution in [1.29, 1.82) is 0 Å². The number of pyridine rings is 1. The minimum Gasteiger partial charge on any atom is -0.481 e. The van der Waals surface area contributed by atoms with Gasteiger partial charge in [0.05, 0.1) is 12.1 Å². The first-order chi connectivity index (χ1) is 6.68. The predicted molar refractivity (Wildman–Crippen MR) is 47.3 cm³/mol. The second-order valence-corrected chi connectivity index (χ2v) is 3.57. The van der Waals surface area contributed by atoms with E-state index >= 15 is 0 Å². The van der Waals surface area contributed by atoms with Crippen LogP contribution in [0.2, 0.25) is 0 Å². The molecule has 1 heterocycles. The van der Waals surface area contributed by atoms with E-state index in [4.69, 9.17) is 5.11 Å². The molecule has 0 radical (unpaired) electrons. The average Bonchev–Trinajstić information content (AvgIpc) is 2.00. The van der Waals surface area contributed by atoms with E-state index in [0.29, 0.717) is 12.0 Å². The fourth-order valence-corrected chi connectivity index (χ4v) is 1.83. The zero-order valence-electron chi connectivity index (χ0n) is 7.48. The Kier molecular flexibility index (Phi) is 2.19. The molecule has 1 saturated carbocycles. The van der Waals surface area contributed by atoms with E-state index < -0.39 is 11.8 Å². The van der Waals surface area contributed by atoms with Crippen molar-refractivity contribution >= 4 is 5.97 Å². The molecule has 74 valence electrons. The van der Waals surface area contributed by atoms with Gasteiger partial charge >= 0.3 is 5.97 Å². The van der Waals surface area contributed by atoms with Gasteiger partial charge in [0.15, 0.2) is 0 Å². The van der Waals surface area contributed by atoms with E-state index in [-0.39, 0.29) is 11.8 Å². The molecular weight excluding hydrogens is 185 g/mol. The van der Waals surface area contributed by atoms with Gasteiger partial charge in [0, 0.05) is 6.20 Å². The van der Waals surface area contributed by atoms with Crippen molar-refractivity contribution in [3.8, 4) is 0 Å². The molecule has 1 aromatic rings. The van der Waals surface area contributed by atoms with Gasteiger partial charge in [0.2, 0.25) is 0 Å². The molecule has 4 heteroatoms. The largest absolute Gasteiger partial charge is 0.481 e. The van der Waals surface area contributed by atoms with Crippen LogP contribution < -0.4 is 0 Å². The average molecular weight is 195 g/mol. The molecule has 1 fully saturated rings. The Balaban J connectivity index is 2.20. The number of rotatable bonds is 2. The van der Waals surface area contributed by atoms with Crippen LogP contribution in [-0.2, 0) is 4.79 Å². The lowest BCUT2D eigenvalue weighted by Gasteiger charge is -2.33. The molecule has 0 aromatic carbocycles. The fourth-order valence-electron chi connectivity index (χ4n) is 1.83. The zero-order chi connectivity index (χ0) is 10.1. The van der Waals surface area contributed by atoms with Crippen molar-refractivity contribution in [1.82, 2.24) is 4.98 Å². The van der Waals surface area contributed by atoms with E-state index in [1.807, 2.05) is 0 Å². The highest BCUT2D eigenvalue weighted by molar-refractivity contribution is 5.72. The van der Waals surface area contributed by atoms with Crippen LogP contribution in [0.4, 0.5) is 4.39 Å². The van der Waals surface area contributed by atoms with Crippen LogP contribution in [0, 0.1) is 11.7 Å². The summed E-state index contributed by atoms with van der Waals surface area (Å²) < 4.78 is 12.8. The second-order valence-electron chi connectivity index (χ2n) is 3.57. The number of hydrogen-bond donors (Lipinski definition) is 1. The Morgan fingerprint density at radius 1 is 1.50 bits per heavy atom. The summed E-state index contributed by atoms with van der Waals surface area (Å²) in [7, 11) is 0. The molecule has 1 aliphatic carbocycles. The quantitative estimate of drug-likeness (QED) is 0.782. The minimum atomic E-state index is -0.800. The third kappa shape index (κ3) is 1.47. The van der Waals surface area contributed by atoms with Crippen LogP contribution in [-0.4, -0.2) is 16.1 Å². The predicted octanol–water partition coefficient (Wildman–Crippen LogP) is 1.80. The van der Waals surface area contributed by atoms with Crippen molar-refractivity contribution in [3.63, 3.8) is 0 Å². The van der Waals surface area contributed by atoms with E-state index in [9.17, 15) is 9.18 Å². The highest BCUT2D eigenvalue weighted by Crippen LogP contribution is 2.42. The number of carbonyl (C=O) groups is 1. The highest BCUT2D eigenvalue weighted by atomic mass is 19.1. The lowest BCUT2D eigenvalue weighted by molar-refractivity contribution is -0.145. The number of halogens is 1. The summed E-state index contributed by atoms with van der Waals surface area (Å²) in [5.41, 5.74) is 0.698. The first-order valence-electron chi connectivity index (χ1n) is 4.51. The zero-order valence-corrected chi connectivity index (χ0v) is 7.48. The maximum Gasteiger partial charge on any atom is 0.307 e. The Hall–Kier alpha value is -1.45. The molecule has 0 bridgehead atoms. The van der Waals surface area contributed by atoms with Gasteiger partial charge in [-0.05, 0) is 30.4 Å². The number of aliphatic carboxylic acids is 1. The normalized spacial score (nSPS) is 25.5. The number of hydrogen-bond acceptors (Lipinski definition) is 2. The van der Waals surface area contributed by atoms with E-state index in [1.165, 1.54) is 6.07 Å². The maximum absolute atomic E-state index is 12.8. The third-order valence-corrected chi connectivity index (χ3v) is 2.75. The van der Waals surface area contributed by atoms with Crippen LogP contribution in [0.5, 0.6) is 0 Å². The van der Waals surface area contributed by atoms with Gasteiger partial charge in [-0.2, -0.15) is 0 Å². The summed E-state index contributed by atoms with van der Waals surface area (Å²) >= 11 is 0. The first kappa shape index (κ1) is 9.12. The van der Waals surface area contributed by atoms with Gasteiger partial charge in [0.1, 0.15) is 5.82 Å². The van der Waals surface area contributed by atoms with Gasteiger partial charge in [-0.15, -0.1) is 0 Å². The molecule has 0 spiro atoms. The Bertz CT molecular complexity index is 367. The summed E-state index contributed by atoms with van der Waals surface area (Å²) in [6, 6.07) is 1.37. The Labute approximate surface area is 80.6 Å². The molecule has 1 aliphatic rings. The highest BCUT2D eigenvalue weighted by Gasteiger charge is 2.37. The van der Waals surface area contributed by atoms with Crippen LogP contribution in [0.1, 0.15) is 24.3 Å².